The van der Waals surface area contributed by atoms with E-state index in [0.29, 0.717) is 17.9 Å². The number of sulfonamides is 1. The molecule has 0 aromatic heterocycles. The quantitative estimate of drug-likeness (QED) is 0.385. The number of hydrogen-bond acceptors (Lipinski definition) is 6. The number of methoxy groups -OCH3 is 2. The van der Waals surface area contributed by atoms with E-state index in [9.17, 15) is 17.6 Å². The largest absolute Gasteiger partial charge is 0.493 e. The molecule has 1 aliphatic heterocycles. The molecule has 1 N–H and O–H groups in total. The fraction of sp³-hybridized carbons (Fsp3) is 0.321. The molecular weight excluding hydrogens is 547 g/mol. The molecule has 1 unspecified atom stereocenters. The summed E-state index contributed by atoms with van der Waals surface area (Å²) in [5.74, 6) is -0.0897. The third-order valence-electron chi connectivity index (χ3n) is 6.38. The first-order chi connectivity index (χ1) is 18.3. The van der Waals surface area contributed by atoms with Gasteiger partial charge in [0.05, 0.1) is 35.9 Å². The van der Waals surface area contributed by atoms with Crippen LogP contribution in [-0.4, -0.2) is 40.7 Å². The number of halogens is 2. The van der Waals surface area contributed by atoms with Crippen molar-refractivity contribution in [1.82, 2.24) is 5.32 Å². The van der Waals surface area contributed by atoms with Gasteiger partial charge < -0.3 is 19.5 Å². The van der Waals surface area contributed by atoms with Crippen LogP contribution in [0.3, 0.4) is 0 Å². The number of fused-ring (bicyclic) bond motifs is 1. The Kier molecular flexibility index (Phi) is 7.99. The summed E-state index contributed by atoms with van der Waals surface area (Å²) in [4.78, 5) is 13.3. The first-order valence-corrected chi connectivity index (χ1v) is 13.9. The molecule has 208 valence electrons. The molecule has 0 saturated heterocycles. The van der Waals surface area contributed by atoms with Gasteiger partial charge >= 0.3 is 0 Å². The third-order valence-corrected chi connectivity index (χ3v) is 8.44. The number of anilines is 1. The van der Waals surface area contributed by atoms with Gasteiger partial charge in [-0.3, -0.25) is 9.10 Å². The van der Waals surface area contributed by atoms with Crippen LogP contribution in [-0.2, 0) is 14.8 Å². The van der Waals surface area contributed by atoms with Crippen molar-refractivity contribution in [2.75, 3.05) is 25.1 Å². The summed E-state index contributed by atoms with van der Waals surface area (Å²) in [6.07, 6.45) is 0.472. The molecule has 1 aliphatic rings. The fourth-order valence-corrected chi connectivity index (χ4v) is 6.12. The van der Waals surface area contributed by atoms with E-state index in [4.69, 9.17) is 25.8 Å². The van der Waals surface area contributed by atoms with E-state index >= 15 is 0 Å². The molecule has 1 atom stereocenters. The van der Waals surface area contributed by atoms with Gasteiger partial charge in [0.25, 0.3) is 10.0 Å². The van der Waals surface area contributed by atoms with Gasteiger partial charge in [0, 0.05) is 18.1 Å². The van der Waals surface area contributed by atoms with Crippen molar-refractivity contribution >= 4 is 33.2 Å². The van der Waals surface area contributed by atoms with Gasteiger partial charge in [-0.05, 0) is 62.7 Å². The molecule has 4 rings (SSSR count). The number of carbonyl (C=O) groups excluding carboxylic acids is 1. The van der Waals surface area contributed by atoms with Crippen LogP contribution in [0.1, 0.15) is 37.4 Å². The van der Waals surface area contributed by atoms with Gasteiger partial charge in [-0.2, -0.15) is 0 Å². The number of carbonyl (C=O) groups is 1. The number of benzene rings is 3. The van der Waals surface area contributed by atoms with Gasteiger partial charge in [-0.15, -0.1) is 0 Å². The zero-order chi connectivity index (χ0) is 28.5. The second-order valence-corrected chi connectivity index (χ2v) is 12.1. The van der Waals surface area contributed by atoms with Crippen LogP contribution in [0.4, 0.5) is 10.1 Å². The lowest BCUT2D eigenvalue weighted by Crippen LogP contribution is -2.45. The van der Waals surface area contributed by atoms with Crippen LogP contribution >= 0.6 is 11.6 Å². The van der Waals surface area contributed by atoms with Crippen molar-refractivity contribution in [2.45, 2.75) is 43.7 Å². The molecule has 3 aromatic carbocycles. The highest BCUT2D eigenvalue weighted by molar-refractivity contribution is 7.92. The zero-order valence-electron chi connectivity index (χ0n) is 22.2. The van der Waals surface area contributed by atoms with Crippen LogP contribution in [0.15, 0.2) is 59.5 Å². The van der Waals surface area contributed by atoms with Crippen molar-refractivity contribution in [2.24, 2.45) is 0 Å². The number of hydrogen-bond donors (Lipinski definition) is 1. The monoisotopic (exact) mass is 576 g/mol. The maximum Gasteiger partial charge on any atom is 0.264 e. The Labute approximate surface area is 232 Å². The number of aryl methyl sites for hydroxylation is 1. The summed E-state index contributed by atoms with van der Waals surface area (Å²) in [6.45, 7) is 5.21. The van der Waals surface area contributed by atoms with Gasteiger partial charge in [-0.1, -0.05) is 23.7 Å². The first kappa shape index (κ1) is 28.5. The maximum atomic E-state index is 14.0. The molecule has 1 heterocycles. The Morgan fingerprint density at radius 3 is 2.49 bits per heavy atom. The zero-order valence-corrected chi connectivity index (χ0v) is 23.8. The minimum atomic E-state index is -4.34. The van der Waals surface area contributed by atoms with E-state index in [1.54, 1.807) is 0 Å². The van der Waals surface area contributed by atoms with E-state index in [-0.39, 0.29) is 21.4 Å². The number of rotatable bonds is 8. The Balaban J connectivity index is 1.70. The molecule has 0 bridgehead atoms. The molecule has 0 radical (unpaired) electrons. The maximum absolute atomic E-state index is 14.0. The van der Waals surface area contributed by atoms with Crippen LogP contribution in [0, 0.1) is 12.7 Å². The third kappa shape index (κ3) is 6.07. The summed E-state index contributed by atoms with van der Waals surface area (Å²) in [5, 5.41) is 2.68. The van der Waals surface area contributed by atoms with Crippen molar-refractivity contribution in [3.05, 3.63) is 76.6 Å². The average Bonchev–Trinajstić information content (AvgIpc) is 2.87. The molecule has 0 saturated carbocycles. The SMILES string of the molecule is COc1ccc(S(=O)(=O)N(CC(=O)NC2CC(C)(C)Oc3cc(C)ccc32)c2ccc(F)c(Cl)c2)cc1OC. The summed E-state index contributed by atoms with van der Waals surface area (Å²) < 4.78 is 59.1. The van der Waals surface area contributed by atoms with Gasteiger partial charge in [0.2, 0.25) is 5.91 Å². The summed E-state index contributed by atoms with van der Waals surface area (Å²) >= 11 is 5.99. The molecule has 8 nitrogen and oxygen atoms in total. The molecule has 1 amide bonds. The fourth-order valence-electron chi connectivity index (χ4n) is 4.52. The molecule has 0 fully saturated rings. The van der Waals surface area contributed by atoms with Gasteiger partial charge in [0.1, 0.15) is 23.7 Å². The predicted molar refractivity (Wildman–Crippen MR) is 147 cm³/mol. The topological polar surface area (TPSA) is 94.2 Å². The summed E-state index contributed by atoms with van der Waals surface area (Å²) in [6, 6.07) is 12.9. The Hall–Kier alpha value is -3.50. The Morgan fingerprint density at radius 2 is 1.82 bits per heavy atom. The lowest BCUT2D eigenvalue weighted by molar-refractivity contribution is -0.120. The summed E-state index contributed by atoms with van der Waals surface area (Å²) in [5.41, 5.74) is 1.27. The van der Waals surface area contributed by atoms with Crippen LogP contribution < -0.4 is 23.8 Å². The van der Waals surface area contributed by atoms with Crippen LogP contribution in [0.5, 0.6) is 17.2 Å². The highest BCUT2D eigenvalue weighted by atomic mass is 35.5. The molecule has 0 aliphatic carbocycles. The number of amides is 1. The number of nitrogens with one attached hydrogen (secondary N) is 1. The Bertz CT molecular complexity index is 1510. The van der Waals surface area contributed by atoms with Crippen molar-refractivity contribution in [3.8, 4) is 17.2 Å². The minimum Gasteiger partial charge on any atom is -0.493 e. The first-order valence-electron chi connectivity index (χ1n) is 12.1. The van der Waals surface area contributed by atoms with E-state index in [1.165, 1.54) is 38.5 Å². The molecule has 11 heteroatoms. The average molecular weight is 577 g/mol. The Morgan fingerprint density at radius 1 is 1.10 bits per heavy atom. The van der Waals surface area contributed by atoms with E-state index in [2.05, 4.69) is 5.32 Å². The van der Waals surface area contributed by atoms with E-state index in [0.717, 1.165) is 27.6 Å². The van der Waals surface area contributed by atoms with E-state index < -0.39 is 39.9 Å². The normalized spacial score (nSPS) is 16.0. The lowest BCUT2D eigenvalue weighted by Gasteiger charge is -2.38. The van der Waals surface area contributed by atoms with E-state index in [1.807, 2.05) is 39.0 Å². The predicted octanol–water partition coefficient (Wildman–Crippen LogP) is 5.42. The van der Waals surface area contributed by atoms with Crippen LogP contribution in [0.25, 0.3) is 0 Å². The minimum absolute atomic E-state index is 0.0228. The highest BCUT2D eigenvalue weighted by Gasteiger charge is 2.36. The second kappa shape index (κ2) is 10.9. The highest BCUT2D eigenvalue weighted by Crippen LogP contribution is 2.40. The second-order valence-electron chi connectivity index (χ2n) is 9.85. The lowest BCUT2D eigenvalue weighted by atomic mass is 9.89. The molecule has 0 spiro atoms. The molecule has 3 aromatic rings. The summed E-state index contributed by atoms with van der Waals surface area (Å²) in [7, 11) is -1.52. The van der Waals surface area contributed by atoms with Gasteiger partial charge in [-0.25, -0.2) is 12.8 Å². The van der Waals surface area contributed by atoms with Crippen molar-refractivity contribution in [1.29, 1.82) is 0 Å². The molecular formula is C28H30ClFN2O6S. The number of ether oxygens (including phenoxy) is 3. The van der Waals surface area contributed by atoms with Crippen LogP contribution in [0.2, 0.25) is 5.02 Å². The molecule has 39 heavy (non-hydrogen) atoms. The van der Waals surface area contributed by atoms with Crippen molar-refractivity contribution in [3.63, 3.8) is 0 Å². The van der Waals surface area contributed by atoms with Crippen molar-refractivity contribution < 1.29 is 31.8 Å². The smallest absolute Gasteiger partial charge is 0.264 e. The standard InChI is InChI=1S/C28H30ClFN2O6S/c1-17-6-9-20-23(15-28(2,3)38-25(20)12-17)31-27(33)16-32(18-7-10-22(30)21(29)13-18)39(34,35)19-8-11-24(36-4)26(14-19)37-5/h6-14,23H,15-16H2,1-5H3,(H,31,33). The number of nitrogens with zero attached hydrogens (tertiary/aromatic N) is 1. The van der Waals surface area contributed by atoms with Gasteiger partial charge in [0.15, 0.2) is 11.5 Å².